The van der Waals surface area contributed by atoms with Crippen molar-refractivity contribution in [2.24, 2.45) is 5.73 Å². The molecule has 4 rings (SSSR count). The Bertz CT molecular complexity index is 1860. The molecule has 0 saturated carbocycles. The van der Waals surface area contributed by atoms with Gasteiger partial charge in [0.2, 0.25) is 35.4 Å². The van der Waals surface area contributed by atoms with Crippen LogP contribution in [-0.2, 0) is 41.6 Å². The quantitative estimate of drug-likeness (QED) is 0.0770. The average molecular weight is 857 g/mol. The molecule has 6 amide bonds. The summed E-state index contributed by atoms with van der Waals surface area (Å²) < 4.78 is 0. The van der Waals surface area contributed by atoms with Gasteiger partial charge in [0.1, 0.15) is 30.2 Å². The number of carbonyl (C=O) groups excluding carboxylic acids is 6. The van der Waals surface area contributed by atoms with Crippen LogP contribution in [0.2, 0.25) is 0 Å². The highest BCUT2D eigenvalue weighted by atomic mass is 33.1. The Morgan fingerprint density at radius 1 is 0.814 bits per heavy atom. The molecule has 1 fully saturated rings. The standard InChI is InChI=1S/C40H56N8O9S2/c1-23(50)32(21-49)46-39(56)33-22-59-58-17-15-34(52)43-30(18-25-10-4-3-5-11-25)37(54)45-31(19-26-20-42-28-13-7-6-12-27(26)28)38(55)44-29(14-8-9-16-41)36(53)48-35(24(2)51)40(57)47-33/h3-7,10-13,20,23-24,29-33,35,42,49-51H,8-9,14-19,21-22,41H2,1-2H3,(H,43,52)(H,44,55)(H,45,54)(H,46,56)(H,47,57)(H,48,53)/t23-,24-,29+,30+,31-,32?,33+,35?/m1/s1. The van der Waals surface area contributed by atoms with Gasteiger partial charge in [0.05, 0.1) is 24.9 Å². The van der Waals surface area contributed by atoms with Crippen molar-refractivity contribution in [3.05, 3.63) is 71.9 Å². The zero-order valence-corrected chi connectivity index (χ0v) is 34.8. The van der Waals surface area contributed by atoms with Crippen LogP contribution >= 0.6 is 21.6 Å². The monoisotopic (exact) mass is 856 g/mol. The third-order valence-corrected chi connectivity index (χ3v) is 12.2. The number of nitrogens with two attached hydrogens (primary N) is 1. The molecule has 59 heavy (non-hydrogen) atoms. The first kappa shape index (κ1) is 47.0. The number of unbranched alkanes of at least 4 members (excludes halogenated alkanes) is 1. The van der Waals surface area contributed by atoms with Gasteiger partial charge in [-0.15, -0.1) is 0 Å². The predicted molar refractivity (Wildman–Crippen MR) is 227 cm³/mol. The second-order valence-corrected chi connectivity index (χ2v) is 17.1. The summed E-state index contributed by atoms with van der Waals surface area (Å²) in [4.78, 5) is 86.1. The average Bonchev–Trinajstić information content (AvgIpc) is 3.62. The van der Waals surface area contributed by atoms with Crippen LogP contribution in [0.1, 0.15) is 50.7 Å². The third kappa shape index (κ3) is 14.5. The van der Waals surface area contributed by atoms with E-state index in [9.17, 15) is 44.1 Å². The van der Waals surface area contributed by atoms with E-state index in [1.807, 2.05) is 54.6 Å². The lowest BCUT2D eigenvalue weighted by Gasteiger charge is -2.29. The molecule has 0 spiro atoms. The molecular formula is C40H56N8O9S2. The number of H-pyrrole nitrogens is 1. The van der Waals surface area contributed by atoms with Crippen molar-refractivity contribution in [2.45, 2.75) is 101 Å². The molecule has 19 heteroatoms. The van der Waals surface area contributed by atoms with Gasteiger partial charge in [-0.1, -0.05) is 70.1 Å². The van der Waals surface area contributed by atoms with E-state index in [2.05, 4.69) is 36.9 Å². The summed E-state index contributed by atoms with van der Waals surface area (Å²) in [6.45, 7) is 2.38. The first-order chi connectivity index (χ1) is 28.3. The van der Waals surface area contributed by atoms with Crippen molar-refractivity contribution in [3.63, 3.8) is 0 Å². The molecule has 322 valence electrons. The van der Waals surface area contributed by atoms with Crippen LogP contribution in [0.4, 0.5) is 0 Å². The van der Waals surface area contributed by atoms with Crippen molar-refractivity contribution in [3.8, 4) is 0 Å². The zero-order valence-electron chi connectivity index (χ0n) is 33.1. The Labute approximate surface area is 350 Å². The summed E-state index contributed by atoms with van der Waals surface area (Å²) in [5.41, 5.74) is 8.02. The molecule has 1 aliphatic rings. The lowest BCUT2D eigenvalue weighted by Crippen LogP contribution is -2.62. The lowest BCUT2D eigenvalue weighted by atomic mass is 10.0. The highest BCUT2D eigenvalue weighted by Gasteiger charge is 2.35. The number of nitrogens with one attached hydrogen (secondary N) is 7. The van der Waals surface area contributed by atoms with Crippen LogP contribution in [0.3, 0.4) is 0 Å². The van der Waals surface area contributed by atoms with Gasteiger partial charge in [-0.3, -0.25) is 28.8 Å². The molecular weight excluding hydrogens is 801 g/mol. The Morgan fingerprint density at radius 3 is 2.15 bits per heavy atom. The molecule has 0 bridgehead atoms. The number of benzene rings is 2. The molecule has 1 aliphatic heterocycles. The minimum Gasteiger partial charge on any atom is -0.394 e. The first-order valence-corrected chi connectivity index (χ1v) is 22.1. The summed E-state index contributed by atoms with van der Waals surface area (Å²) in [7, 11) is 2.39. The van der Waals surface area contributed by atoms with Crippen molar-refractivity contribution < 1.29 is 44.1 Å². The van der Waals surface area contributed by atoms with E-state index in [0.29, 0.717) is 24.9 Å². The SMILES string of the molecule is C[C@@H](O)C(CO)NC(=O)[C@@H]1CSSCCC(=O)N[C@@H](Cc2ccccc2)C(=O)N[C@H](Cc2c[nH]c3ccccc23)C(=O)N[C@@H](CCCCN)C(=O)NC([C@@H](C)O)C(=O)N1. The summed E-state index contributed by atoms with van der Waals surface area (Å²) in [6.07, 6.45) is 0.244. The zero-order chi connectivity index (χ0) is 42.9. The Morgan fingerprint density at radius 2 is 1.47 bits per heavy atom. The second-order valence-electron chi connectivity index (χ2n) is 14.5. The van der Waals surface area contributed by atoms with E-state index < -0.39 is 90.5 Å². The maximum Gasteiger partial charge on any atom is 0.245 e. The number of amides is 6. The van der Waals surface area contributed by atoms with Crippen LogP contribution in [-0.4, -0.2) is 129 Å². The minimum atomic E-state index is -1.58. The number of aromatic nitrogens is 1. The topological polar surface area (TPSA) is 277 Å². The van der Waals surface area contributed by atoms with Gasteiger partial charge >= 0.3 is 0 Å². The van der Waals surface area contributed by atoms with E-state index in [4.69, 9.17) is 5.73 Å². The van der Waals surface area contributed by atoms with E-state index >= 15 is 0 Å². The molecule has 3 aromatic rings. The molecule has 0 aliphatic carbocycles. The van der Waals surface area contributed by atoms with Gasteiger partial charge < -0.3 is 57.9 Å². The van der Waals surface area contributed by atoms with Crippen molar-refractivity contribution in [1.29, 1.82) is 0 Å². The van der Waals surface area contributed by atoms with Crippen LogP contribution in [0, 0.1) is 0 Å². The number of aromatic amines is 1. The smallest absolute Gasteiger partial charge is 0.245 e. The number of aliphatic hydroxyl groups excluding tert-OH is 3. The number of hydrogen-bond donors (Lipinski definition) is 11. The van der Waals surface area contributed by atoms with E-state index in [-0.39, 0.29) is 37.2 Å². The van der Waals surface area contributed by atoms with Crippen LogP contribution in [0.15, 0.2) is 60.8 Å². The molecule has 2 aromatic carbocycles. The van der Waals surface area contributed by atoms with E-state index in [0.717, 1.165) is 27.3 Å². The van der Waals surface area contributed by atoms with Crippen LogP contribution in [0.5, 0.6) is 0 Å². The lowest BCUT2D eigenvalue weighted by molar-refractivity contribution is -0.136. The van der Waals surface area contributed by atoms with E-state index in [1.165, 1.54) is 24.6 Å². The Balaban J connectivity index is 1.71. The normalized spacial score (nSPS) is 23.4. The van der Waals surface area contributed by atoms with Gasteiger partial charge in [0.15, 0.2) is 0 Å². The first-order valence-electron chi connectivity index (χ1n) is 19.6. The summed E-state index contributed by atoms with van der Waals surface area (Å²) >= 11 is 0. The van der Waals surface area contributed by atoms with Crippen molar-refractivity contribution >= 4 is 67.9 Å². The number of hydrogen-bond acceptors (Lipinski definition) is 12. The number of rotatable bonds is 13. The van der Waals surface area contributed by atoms with Crippen LogP contribution in [0.25, 0.3) is 10.9 Å². The predicted octanol–water partition coefficient (Wildman–Crippen LogP) is -0.470. The molecule has 1 saturated heterocycles. The maximum absolute atomic E-state index is 14.3. The fourth-order valence-electron chi connectivity index (χ4n) is 6.38. The van der Waals surface area contributed by atoms with Gasteiger partial charge in [0, 0.05) is 47.9 Å². The summed E-state index contributed by atoms with van der Waals surface area (Å²) in [5.74, 6) is -4.04. The fourth-order valence-corrected chi connectivity index (χ4v) is 8.53. The Kier molecular flexibility index (Phi) is 19.0. The van der Waals surface area contributed by atoms with Gasteiger partial charge in [0.25, 0.3) is 0 Å². The second kappa shape index (κ2) is 23.8. The van der Waals surface area contributed by atoms with Gasteiger partial charge in [-0.05, 0) is 56.8 Å². The largest absolute Gasteiger partial charge is 0.394 e. The molecule has 0 radical (unpaired) electrons. The van der Waals surface area contributed by atoms with Gasteiger partial charge in [-0.2, -0.15) is 0 Å². The molecule has 2 unspecified atom stereocenters. The minimum absolute atomic E-state index is 0.00689. The Hall–Kier alpha value is -4.66. The maximum atomic E-state index is 14.3. The molecule has 12 N–H and O–H groups in total. The van der Waals surface area contributed by atoms with E-state index in [1.54, 1.807) is 6.20 Å². The van der Waals surface area contributed by atoms with Crippen LogP contribution < -0.4 is 37.6 Å². The number of para-hydroxylation sites is 1. The number of fused-ring (bicyclic) bond motifs is 1. The summed E-state index contributed by atoms with van der Waals surface area (Å²) in [6, 6.07) is 9.06. The van der Waals surface area contributed by atoms with Gasteiger partial charge in [-0.25, -0.2) is 0 Å². The molecule has 2 heterocycles. The molecule has 17 nitrogen and oxygen atoms in total. The highest BCUT2D eigenvalue weighted by molar-refractivity contribution is 8.76. The number of aliphatic hydroxyl groups is 3. The number of carbonyl (C=O) groups is 6. The fraction of sp³-hybridized carbons (Fsp3) is 0.500. The molecule has 1 aromatic heterocycles. The molecule has 8 atom stereocenters. The van der Waals surface area contributed by atoms with Crippen molar-refractivity contribution in [2.75, 3.05) is 24.7 Å². The summed E-state index contributed by atoms with van der Waals surface area (Å²) in [5, 5.41) is 47.3. The highest BCUT2D eigenvalue weighted by Crippen LogP contribution is 2.24. The van der Waals surface area contributed by atoms with Crippen molar-refractivity contribution in [1.82, 2.24) is 36.9 Å². The third-order valence-electron chi connectivity index (χ3n) is 9.78.